The molecule has 1 amide bonds. The van der Waals surface area contributed by atoms with Crippen LogP contribution in [0, 0.1) is 17.3 Å². The van der Waals surface area contributed by atoms with Gasteiger partial charge in [0, 0.05) is 32.0 Å². The van der Waals surface area contributed by atoms with E-state index in [1.54, 1.807) is 12.4 Å². The third-order valence-corrected chi connectivity index (χ3v) is 9.48. The van der Waals surface area contributed by atoms with Crippen molar-refractivity contribution in [1.29, 1.82) is 0 Å². The first-order valence-electron chi connectivity index (χ1n) is 13.5. The standard InChI is InChI=1S/C28H37BN4O3/c1-27(2)20-15-23(27)28(3)24(16-20)35-29(36-28)25-11-8-14-33(25)26(34)19-32(17-21-9-4-6-12-30-21)18-22-10-5-7-13-31-22/h4-7,9-10,12-13,20,23-25H,8,11,14-19H2,1-3H3/t20-,23?,24?,25?,28?/m0/s1. The molecule has 3 aliphatic carbocycles. The number of carbonyl (C=O) groups excluding carboxylic acids is 1. The Hall–Kier alpha value is -2.29. The summed E-state index contributed by atoms with van der Waals surface area (Å²) < 4.78 is 13.3. The number of nitrogens with zero attached hydrogens (tertiary/aromatic N) is 4. The highest BCUT2D eigenvalue weighted by Crippen LogP contribution is 2.65. The Morgan fingerprint density at radius 1 is 1.08 bits per heavy atom. The molecule has 7 rings (SSSR count). The zero-order valence-electron chi connectivity index (χ0n) is 21.7. The second-order valence-electron chi connectivity index (χ2n) is 11.9. The molecule has 5 aliphatic rings. The topological polar surface area (TPSA) is 67.8 Å². The highest BCUT2D eigenvalue weighted by Gasteiger charge is 2.69. The van der Waals surface area contributed by atoms with Gasteiger partial charge in [-0.1, -0.05) is 26.0 Å². The van der Waals surface area contributed by atoms with Crippen molar-refractivity contribution in [2.75, 3.05) is 13.1 Å². The number of likely N-dealkylation sites (tertiary alicyclic amines) is 1. The van der Waals surface area contributed by atoms with Crippen LogP contribution < -0.4 is 0 Å². The lowest BCUT2D eigenvalue weighted by molar-refractivity contribution is -0.199. The van der Waals surface area contributed by atoms with Crippen LogP contribution in [0.1, 0.15) is 57.8 Å². The van der Waals surface area contributed by atoms with Gasteiger partial charge in [0.2, 0.25) is 5.91 Å². The molecular formula is C28H37BN4O3. The van der Waals surface area contributed by atoms with Crippen LogP contribution in [0.15, 0.2) is 48.8 Å². The molecule has 4 unspecified atom stereocenters. The fraction of sp³-hybridized carbons (Fsp3) is 0.607. The molecule has 0 radical (unpaired) electrons. The molecule has 4 heterocycles. The smallest absolute Gasteiger partial charge is 0.404 e. The molecule has 0 spiro atoms. The number of hydrogen-bond donors (Lipinski definition) is 0. The maximum absolute atomic E-state index is 13.7. The van der Waals surface area contributed by atoms with Crippen LogP contribution in [0.3, 0.4) is 0 Å². The molecule has 3 saturated carbocycles. The Bertz CT molecular complexity index is 1050. The van der Waals surface area contributed by atoms with Crippen molar-refractivity contribution >= 4 is 13.0 Å². The van der Waals surface area contributed by atoms with Crippen LogP contribution in [0.2, 0.25) is 0 Å². The molecule has 5 atom stereocenters. The fourth-order valence-corrected chi connectivity index (χ4v) is 7.34. The molecule has 5 fully saturated rings. The van der Waals surface area contributed by atoms with E-state index in [0.29, 0.717) is 31.0 Å². The van der Waals surface area contributed by atoms with Crippen molar-refractivity contribution in [1.82, 2.24) is 19.8 Å². The van der Waals surface area contributed by atoms with Crippen LogP contribution in [0.5, 0.6) is 0 Å². The predicted octanol–water partition coefficient (Wildman–Crippen LogP) is 3.74. The zero-order valence-corrected chi connectivity index (χ0v) is 21.7. The molecule has 2 aromatic rings. The van der Waals surface area contributed by atoms with Gasteiger partial charge < -0.3 is 14.2 Å². The third-order valence-electron chi connectivity index (χ3n) is 9.48. The van der Waals surface area contributed by atoms with Crippen molar-refractivity contribution in [2.45, 2.75) is 77.2 Å². The van der Waals surface area contributed by atoms with Gasteiger partial charge in [0.05, 0.1) is 35.6 Å². The lowest BCUT2D eigenvalue weighted by Crippen LogP contribution is -2.65. The highest BCUT2D eigenvalue weighted by molar-refractivity contribution is 6.48. The van der Waals surface area contributed by atoms with Crippen molar-refractivity contribution in [3.63, 3.8) is 0 Å². The van der Waals surface area contributed by atoms with E-state index in [2.05, 4.69) is 35.6 Å². The second-order valence-corrected chi connectivity index (χ2v) is 11.9. The van der Waals surface area contributed by atoms with Gasteiger partial charge in [-0.05, 0) is 74.1 Å². The Kier molecular flexibility index (Phi) is 6.17. The number of amides is 1. The fourth-order valence-electron chi connectivity index (χ4n) is 7.34. The first-order chi connectivity index (χ1) is 17.3. The largest absolute Gasteiger partial charge is 0.481 e. The molecule has 2 aromatic heterocycles. The summed E-state index contributed by atoms with van der Waals surface area (Å²) in [6, 6.07) is 11.8. The Labute approximate surface area is 214 Å². The minimum atomic E-state index is -0.332. The molecule has 7 nitrogen and oxygen atoms in total. The average Bonchev–Trinajstić information content (AvgIpc) is 3.49. The van der Waals surface area contributed by atoms with Gasteiger partial charge in [0.1, 0.15) is 0 Å². The molecule has 36 heavy (non-hydrogen) atoms. The minimum Gasteiger partial charge on any atom is -0.404 e. The Morgan fingerprint density at radius 3 is 2.39 bits per heavy atom. The molecule has 2 aliphatic heterocycles. The van der Waals surface area contributed by atoms with E-state index >= 15 is 0 Å². The predicted molar refractivity (Wildman–Crippen MR) is 137 cm³/mol. The molecule has 0 aromatic carbocycles. The summed E-state index contributed by atoms with van der Waals surface area (Å²) in [5, 5.41) is 0. The molecule has 2 bridgehead atoms. The average molecular weight is 488 g/mol. The van der Waals surface area contributed by atoms with E-state index in [-0.39, 0.29) is 30.7 Å². The van der Waals surface area contributed by atoms with Crippen molar-refractivity contribution in [2.24, 2.45) is 17.3 Å². The summed E-state index contributed by atoms with van der Waals surface area (Å²) in [6.45, 7) is 9.27. The van der Waals surface area contributed by atoms with Gasteiger partial charge in [-0.3, -0.25) is 19.7 Å². The van der Waals surface area contributed by atoms with E-state index in [0.717, 1.165) is 43.1 Å². The molecule has 0 N–H and O–H groups in total. The van der Waals surface area contributed by atoms with Crippen molar-refractivity contribution in [3.8, 4) is 0 Å². The number of pyridine rings is 2. The van der Waals surface area contributed by atoms with E-state index in [1.165, 1.54) is 6.42 Å². The van der Waals surface area contributed by atoms with Crippen LogP contribution in [-0.2, 0) is 27.2 Å². The van der Waals surface area contributed by atoms with Crippen molar-refractivity contribution < 1.29 is 14.1 Å². The summed E-state index contributed by atoms with van der Waals surface area (Å²) >= 11 is 0. The Morgan fingerprint density at radius 2 is 1.78 bits per heavy atom. The summed E-state index contributed by atoms with van der Waals surface area (Å²) in [5.41, 5.74) is 1.96. The van der Waals surface area contributed by atoms with E-state index in [9.17, 15) is 4.79 Å². The monoisotopic (exact) mass is 488 g/mol. The number of carbonyl (C=O) groups is 1. The quantitative estimate of drug-likeness (QED) is 0.554. The summed E-state index contributed by atoms with van der Waals surface area (Å²) in [5.74, 6) is 1.35. The van der Waals surface area contributed by atoms with Gasteiger partial charge >= 0.3 is 7.12 Å². The summed E-state index contributed by atoms with van der Waals surface area (Å²) in [4.78, 5) is 26.8. The molecular weight excluding hydrogens is 451 g/mol. The van der Waals surface area contributed by atoms with Gasteiger partial charge in [-0.2, -0.15) is 0 Å². The summed E-state index contributed by atoms with van der Waals surface area (Å²) in [7, 11) is -0.332. The van der Waals surface area contributed by atoms with Crippen LogP contribution in [0.25, 0.3) is 0 Å². The molecule has 190 valence electrons. The normalized spacial score (nSPS) is 32.4. The van der Waals surface area contributed by atoms with E-state index in [1.807, 2.05) is 41.3 Å². The minimum absolute atomic E-state index is 0.0215. The summed E-state index contributed by atoms with van der Waals surface area (Å²) in [6.07, 6.45) is 7.95. The maximum Gasteiger partial charge on any atom is 0.481 e. The number of hydrogen-bond acceptors (Lipinski definition) is 6. The lowest BCUT2D eigenvalue weighted by atomic mass is 9.43. The molecule has 8 heteroatoms. The van der Waals surface area contributed by atoms with Crippen LogP contribution in [-0.4, -0.2) is 63.5 Å². The second kappa shape index (κ2) is 9.23. The number of rotatable bonds is 7. The number of aromatic nitrogens is 2. The van der Waals surface area contributed by atoms with Gasteiger partial charge in [-0.25, -0.2) is 0 Å². The Balaban J connectivity index is 1.16. The first-order valence-corrected chi connectivity index (χ1v) is 13.5. The van der Waals surface area contributed by atoms with E-state index < -0.39 is 0 Å². The van der Waals surface area contributed by atoms with Gasteiger partial charge in [0.25, 0.3) is 0 Å². The zero-order chi connectivity index (χ0) is 24.9. The first kappa shape index (κ1) is 24.1. The van der Waals surface area contributed by atoms with Crippen molar-refractivity contribution in [3.05, 3.63) is 60.2 Å². The van der Waals surface area contributed by atoms with Crippen LogP contribution in [0.4, 0.5) is 0 Å². The highest BCUT2D eigenvalue weighted by atomic mass is 16.7. The third kappa shape index (κ3) is 4.17. The lowest BCUT2D eigenvalue weighted by Gasteiger charge is -2.64. The van der Waals surface area contributed by atoms with Gasteiger partial charge in [0.15, 0.2) is 0 Å². The van der Waals surface area contributed by atoms with Gasteiger partial charge in [-0.15, -0.1) is 0 Å². The van der Waals surface area contributed by atoms with E-state index in [4.69, 9.17) is 9.31 Å². The SMILES string of the molecule is CC12OB(C3CCCN3C(=O)CN(Cc3ccccn3)Cc3ccccn3)OC1C[C@@H]1CC2C1(C)C. The van der Waals surface area contributed by atoms with Crippen LogP contribution >= 0.6 is 0 Å². The maximum atomic E-state index is 13.7. The molecule has 2 saturated heterocycles.